The van der Waals surface area contributed by atoms with E-state index in [1.54, 1.807) is 6.07 Å². The van der Waals surface area contributed by atoms with Gasteiger partial charge in [-0.1, -0.05) is 11.6 Å². The molecule has 1 N–H and O–H groups in total. The molecular formula is C12H12ClNO2. The van der Waals surface area contributed by atoms with E-state index in [1.165, 1.54) is 12.8 Å². The molecule has 1 fully saturated rings. The van der Waals surface area contributed by atoms with Gasteiger partial charge in [-0.25, -0.2) is 0 Å². The number of fused-ring (bicyclic) bond motifs is 1. The Morgan fingerprint density at radius 2 is 2.25 bits per heavy atom. The van der Waals surface area contributed by atoms with Crippen molar-refractivity contribution in [2.45, 2.75) is 19.4 Å². The summed E-state index contributed by atoms with van der Waals surface area (Å²) in [6, 6.07) is 3.57. The maximum Gasteiger partial charge on any atom is 0.251 e. The van der Waals surface area contributed by atoms with E-state index in [0.717, 1.165) is 12.2 Å². The second-order valence-electron chi connectivity index (χ2n) is 4.38. The lowest BCUT2D eigenvalue weighted by Crippen LogP contribution is -2.12. The standard InChI is InChI=1S/C12H12ClNO2/c13-10-4-9-8(5-14-12(9)15)3-11(10)16-6-7-1-2-7/h3-4,7H,1-2,5-6H2,(H,14,15). The van der Waals surface area contributed by atoms with Gasteiger partial charge in [0, 0.05) is 12.1 Å². The van der Waals surface area contributed by atoms with Crippen LogP contribution in [0, 0.1) is 5.92 Å². The van der Waals surface area contributed by atoms with Crippen molar-refractivity contribution >= 4 is 17.5 Å². The van der Waals surface area contributed by atoms with Gasteiger partial charge in [-0.3, -0.25) is 4.79 Å². The lowest BCUT2D eigenvalue weighted by molar-refractivity contribution is 0.0966. The van der Waals surface area contributed by atoms with E-state index in [1.807, 2.05) is 6.07 Å². The van der Waals surface area contributed by atoms with Crippen LogP contribution in [0.2, 0.25) is 5.02 Å². The van der Waals surface area contributed by atoms with Crippen LogP contribution in [0.25, 0.3) is 0 Å². The molecule has 0 atom stereocenters. The summed E-state index contributed by atoms with van der Waals surface area (Å²) in [7, 11) is 0. The quantitative estimate of drug-likeness (QED) is 0.877. The van der Waals surface area contributed by atoms with Crippen molar-refractivity contribution < 1.29 is 9.53 Å². The second-order valence-corrected chi connectivity index (χ2v) is 4.78. The van der Waals surface area contributed by atoms with E-state index in [9.17, 15) is 4.79 Å². The number of halogens is 1. The number of carbonyl (C=O) groups excluding carboxylic acids is 1. The molecule has 0 radical (unpaired) electrons. The molecule has 3 nitrogen and oxygen atoms in total. The van der Waals surface area contributed by atoms with Crippen LogP contribution in [0.15, 0.2) is 12.1 Å². The molecule has 0 aromatic heterocycles. The van der Waals surface area contributed by atoms with Crippen LogP contribution in [0.3, 0.4) is 0 Å². The molecule has 1 heterocycles. The summed E-state index contributed by atoms with van der Waals surface area (Å²) in [6.07, 6.45) is 2.51. The van der Waals surface area contributed by atoms with Crippen molar-refractivity contribution in [3.05, 3.63) is 28.3 Å². The Hall–Kier alpha value is -1.22. The number of nitrogens with one attached hydrogen (secondary N) is 1. The first kappa shape index (κ1) is 9.97. The molecule has 0 bridgehead atoms. The number of ether oxygens (including phenoxy) is 1. The maximum absolute atomic E-state index is 11.4. The fraction of sp³-hybridized carbons (Fsp3) is 0.417. The zero-order chi connectivity index (χ0) is 11.1. The van der Waals surface area contributed by atoms with Gasteiger partial charge >= 0.3 is 0 Å². The minimum Gasteiger partial charge on any atom is -0.492 e. The largest absolute Gasteiger partial charge is 0.492 e. The third-order valence-corrected chi connectivity index (χ3v) is 3.31. The Morgan fingerprint density at radius 1 is 1.44 bits per heavy atom. The fourth-order valence-corrected chi connectivity index (χ4v) is 2.04. The van der Waals surface area contributed by atoms with Crippen molar-refractivity contribution in [2.75, 3.05) is 6.61 Å². The summed E-state index contributed by atoms with van der Waals surface area (Å²) in [5.41, 5.74) is 1.64. The predicted octanol–water partition coefficient (Wildman–Crippen LogP) is 2.37. The minimum absolute atomic E-state index is 0.0503. The van der Waals surface area contributed by atoms with Crippen LogP contribution in [-0.4, -0.2) is 12.5 Å². The summed E-state index contributed by atoms with van der Waals surface area (Å²) in [5.74, 6) is 1.35. The SMILES string of the molecule is O=C1NCc2cc(OCC3CC3)c(Cl)cc21. The lowest BCUT2D eigenvalue weighted by Gasteiger charge is -2.08. The van der Waals surface area contributed by atoms with Gasteiger partial charge in [0.2, 0.25) is 0 Å². The minimum atomic E-state index is -0.0503. The van der Waals surface area contributed by atoms with E-state index in [0.29, 0.717) is 28.8 Å². The van der Waals surface area contributed by atoms with E-state index < -0.39 is 0 Å². The third kappa shape index (κ3) is 1.76. The maximum atomic E-state index is 11.4. The van der Waals surface area contributed by atoms with Crippen LogP contribution in [0.4, 0.5) is 0 Å². The Balaban J connectivity index is 1.85. The summed E-state index contributed by atoms with van der Waals surface area (Å²) in [5, 5.41) is 3.29. The first-order chi connectivity index (χ1) is 7.74. The molecule has 1 amide bonds. The molecule has 0 saturated heterocycles. The predicted molar refractivity (Wildman–Crippen MR) is 60.8 cm³/mol. The van der Waals surface area contributed by atoms with Crippen LogP contribution < -0.4 is 10.1 Å². The molecule has 1 aromatic rings. The van der Waals surface area contributed by atoms with E-state index in [4.69, 9.17) is 16.3 Å². The van der Waals surface area contributed by atoms with Gasteiger partial charge in [0.1, 0.15) is 5.75 Å². The number of benzene rings is 1. The molecule has 0 unspecified atom stereocenters. The molecule has 1 aliphatic heterocycles. The Morgan fingerprint density at radius 3 is 3.00 bits per heavy atom. The number of rotatable bonds is 3. The molecule has 1 saturated carbocycles. The van der Waals surface area contributed by atoms with Crippen molar-refractivity contribution in [2.24, 2.45) is 5.92 Å². The third-order valence-electron chi connectivity index (χ3n) is 3.01. The molecule has 3 rings (SSSR count). The number of amides is 1. The summed E-state index contributed by atoms with van der Waals surface area (Å²) in [4.78, 5) is 11.4. The Labute approximate surface area is 98.7 Å². The van der Waals surface area contributed by atoms with Crippen LogP contribution in [-0.2, 0) is 6.54 Å². The first-order valence-electron chi connectivity index (χ1n) is 5.47. The molecule has 84 valence electrons. The average molecular weight is 238 g/mol. The first-order valence-corrected chi connectivity index (χ1v) is 5.85. The van der Waals surface area contributed by atoms with Crippen molar-refractivity contribution in [1.29, 1.82) is 0 Å². The smallest absolute Gasteiger partial charge is 0.251 e. The van der Waals surface area contributed by atoms with Crippen LogP contribution in [0.5, 0.6) is 5.75 Å². The average Bonchev–Trinajstić information content (AvgIpc) is 3.03. The highest BCUT2D eigenvalue weighted by molar-refractivity contribution is 6.32. The topological polar surface area (TPSA) is 38.3 Å². The molecule has 1 aliphatic carbocycles. The van der Waals surface area contributed by atoms with E-state index >= 15 is 0 Å². The monoisotopic (exact) mass is 237 g/mol. The molecular weight excluding hydrogens is 226 g/mol. The van der Waals surface area contributed by atoms with Gasteiger partial charge in [-0.2, -0.15) is 0 Å². The van der Waals surface area contributed by atoms with Gasteiger partial charge in [0.05, 0.1) is 11.6 Å². The second kappa shape index (κ2) is 3.67. The van der Waals surface area contributed by atoms with Gasteiger partial charge in [0.15, 0.2) is 0 Å². The molecule has 16 heavy (non-hydrogen) atoms. The van der Waals surface area contributed by atoms with E-state index in [2.05, 4.69) is 5.32 Å². The van der Waals surface area contributed by atoms with Gasteiger partial charge in [-0.05, 0) is 36.5 Å². The summed E-state index contributed by atoms with van der Waals surface area (Å²) in [6.45, 7) is 1.31. The highest BCUT2D eigenvalue weighted by Gasteiger charge is 2.24. The van der Waals surface area contributed by atoms with Crippen molar-refractivity contribution in [1.82, 2.24) is 5.32 Å². The highest BCUT2D eigenvalue weighted by atomic mass is 35.5. The Kier molecular flexibility index (Phi) is 2.28. The van der Waals surface area contributed by atoms with Crippen molar-refractivity contribution in [3.8, 4) is 5.75 Å². The molecule has 1 aromatic carbocycles. The zero-order valence-electron chi connectivity index (χ0n) is 8.75. The summed E-state index contributed by atoms with van der Waals surface area (Å²) < 4.78 is 5.65. The lowest BCUT2D eigenvalue weighted by atomic mass is 10.1. The molecule has 0 spiro atoms. The van der Waals surface area contributed by atoms with Crippen LogP contribution in [0.1, 0.15) is 28.8 Å². The van der Waals surface area contributed by atoms with Crippen LogP contribution >= 0.6 is 11.6 Å². The number of hydrogen-bond acceptors (Lipinski definition) is 2. The van der Waals surface area contributed by atoms with Gasteiger partial charge in [0.25, 0.3) is 5.91 Å². The fourth-order valence-electron chi connectivity index (χ4n) is 1.83. The van der Waals surface area contributed by atoms with Gasteiger partial charge in [-0.15, -0.1) is 0 Å². The van der Waals surface area contributed by atoms with Gasteiger partial charge < -0.3 is 10.1 Å². The molecule has 4 heteroatoms. The number of carbonyl (C=O) groups is 1. The highest BCUT2D eigenvalue weighted by Crippen LogP contribution is 2.34. The molecule has 2 aliphatic rings. The normalized spacial score (nSPS) is 18.2. The number of hydrogen-bond donors (Lipinski definition) is 1. The zero-order valence-corrected chi connectivity index (χ0v) is 9.51. The van der Waals surface area contributed by atoms with E-state index in [-0.39, 0.29) is 5.91 Å². The van der Waals surface area contributed by atoms with Crippen molar-refractivity contribution in [3.63, 3.8) is 0 Å². The Bertz CT molecular complexity index is 455. The summed E-state index contributed by atoms with van der Waals surface area (Å²) >= 11 is 6.07.